The number of carbonyl (C=O) groups is 1. The minimum absolute atomic E-state index is 0.0645. The van der Waals surface area contributed by atoms with Gasteiger partial charge in [-0.3, -0.25) is 4.79 Å². The monoisotopic (exact) mass is 373 g/mol. The van der Waals surface area contributed by atoms with E-state index in [9.17, 15) is 10.1 Å². The summed E-state index contributed by atoms with van der Waals surface area (Å²) in [5, 5.41) is 9.54. The topological polar surface area (TPSA) is 75.9 Å². The highest BCUT2D eigenvalue weighted by Crippen LogP contribution is 2.54. The predicted octanol–water partition coefficient (Wildman–Crippen LogP) is 4.03. The van der Waals surface area contributed by atoms with Crippen molar-refractivity contribution in [3.63, 3.8) is 0 Å². The molecule has 28 heavy (non-hydrogen) atoms. The van der Waals surface area contributed by atoms with Gasteiger partial charge in [0.1, 0.15) is 11.8 Å². The Hall–Kier alpha value is -3.00. The average Bonchev–Trinajstić information content (AvgIpc) is 2.70. The lowest BCUT2D eigenvalue weighted by molar-refractivity contribution is -0.128. The van der Waals surface area contributed by atoms with E-state index in [0.717, 1.165) is 35.4 Å². The van der Waals surface area contributed by atoms with Gasteiger partial charge in [0.25, 0.3) is 0 Å². The van der Waals surface area contributed by atoms with E-state index >= 15 is 0 Å². The van der Waals surface area contributed by atoms with Crippen LogP contribution in [0.25, 0.3) is 11.4 Å². The van der Waals surface area contributed by atoms with Gasteiger partial charge in [0.15, 0.2) is 11.6 Å². The maximum absolute atomic E-state index is 12.8. The summed E-state index contributed by atoms with van der Waals surface area (Å²) in [6.07, 6.45) is 5.45. The standard InChI is InChI=1S/C23H23N3O2/c1-22(2)18-10-7-15-13-25-21(14-5-8-17(28-4)9-6-14)26-19(15)23(18,3)11-16(12-24)20(22)27/h5-6,8-9,11,13,18H,7,10H2,1-4H3/t18-,23-/m0/s1. The van der Waals surface area contributed by atoms with Gasteiger partial charge >= 0.3 is 0 Å². The maximum atomic E-state index is 12.8. The lowest BCUT2D eigenvalue weighted by Gasteiger charge is -2.50. The summed E-state index contributed by atoms with van der Waals surface area (Å²) < 4.78 is 5.23. The van der Waals surface area contributed by atoms with E-state index in [1.807, 2.05) is 50.4 Å². The Bertz CT molecular complexity index is 1030. The molecule has 0 aliphatic heterocycles. The largest absolute Gasteiger partial charge is 0.497 e. The number of benzene rings is 1. The van der Waals surface area contributed by atoms with Crippen molar-refractivity contribution in [2.24, 2.45) is 11.3 Å². The molecule has 2 aromatic rings. The number of Topliss-reactive ketones (excluding diaryl/α,β-unsaturated/α-hetero) is 1. The molecular weight excluding hydrogens is 350 g/mol. The molecular formula is C23H23N3O2. The zero-order chi connectivity index (χ0) is 20.1. The highest BCUT2D eigenvalue weighted by atomic mass is 16.5. The minimum atomic E-state index is -0.600. The lowest BCUT2D eigenvalue weighted by Crippen LogP contribution is -2.51. The first-order valence-electron chi connectivity index (χ1n) is 9.50. The summed E-state index contributed by atoms with van der Waals surface area (Å²) in [6, 6.07) is 9.76. The highest BCUT2D eigenvalue weighted by molar-refractivity contribution is 6.04. The number of fused-ring (bicyclic) bond motifs is 3. The van der Waals surface area contributed by atoms with Crippen LogP contribution in [0, 0.1) is 22.7 Å². The Kier molecular flexibility index (Phi) is 4.11. The molecule has 0 saturated carbocycles. The van der Waals surface area contributed by atoms with E-state index in [2.05, 4.69) is 18.0 Å². The van der Waals surface area contributed by atoms with Crippen molar-refractivity contribution in [3.8, 4) is 23.2 Å². The predicted molar refractivity (Wildman–Crippen MR) is 106 cm³/mol. The SMILES string of the molecule is COc1ccc(-c2ncc3c(n2)[C@@]2(C)C=C(C#N)C(=O)C(C)(C)[C@@H]2CC3)cc1. The molecule has 0 radical (unpaired) electrons. The fourth-order valence-corrected chi connectivity index (χ4v) is 4.93. The zero-order valence-corrected chi connectivity index (χ0v) is 16.6. The number of aryl methyl sites for hydroxylation is 1. The fraction of sp³-hybridized carbons (Fsp3) is 0.391. The molecule has 5 heteroatoms. The Morgan fingerprint density at radius 3 is 2.57 bits per heavy atom. The summed E-state index contributed by atoms with van der Waals surface area (Å²) in [5.41, 5.74) is 2.09. The second-order valence-corrected chi connectivity index (χ2v) is 8.39. The number of hydrogen-bond acceptors (Lipinski definition) is 5. The molecule has 0 amide bonds. The number of allylic oxidation sites excluding steroid dienone is 2. The number of carbonyl (C=O) groups excluding carboxylic acids is 1. The van der Waals surface area contributed by atoms with Crippen molar-refractivity contribution >= 4 is 5.78 Å². The van der Waals surface area contributed by atoms with Crippen LogP contribution in [-0.4, -0.2) is 22.9 Å². The smallest absolute Gasteiger partial charge is 0.178 e. The van der Waals surface area contributed by atoms with Crippen molar-refractivity contribution < 1.29 is 9.53 Å². The minimum Gasteiger partial charge on any atom is -0.497 e. The molecule has 2 aliphatic carbocycles. The maximum Gasteiger partial charge on any atom is 0.178 e. The molecule has 1 aromatic heterocycles. The van der Waals surface area contributed by atoms with Gasteiger partial charge in [-0.15, -0.1) is 0 Å². The Morgan fingerprint density at radius 2 is 1.93 bits per heavy atom. The highest BCUT2D eigenvalue weighted by Gasteiger charge is 2.54. The van der Waals surface area contributed by atoms with E-state index in [4.69, 9.17) is 9.72 Å². The number of hydrogen-bond donors (Lipinski definition) is 0. The van der Waals surface area contributed by atoms with Gasteiger partial charge in [-0.1, -0.05) is 26.8 Å². The third-order valence-corrected chi connectivity index (χ3v) is 6.41. The molecule has 2 atom stereocenters. The molecule has 0 saturated heterocycles. The van der Waals surface area contributed by atoms with Crippen LogP contribution in [0.5, 0.6) is 5.75 Å². The number of methoxy groups -OCH3 is 1. The van der Waals surface area contributed by atoms with Gasteiger partial charge in [0.05, 0.1) is 18.4 Å². The van der Waals surface area contributed by atoms with Crippen LogP contribution in [0.2, 0.25) is 0 Å². The first-order valence-corrected chi connectivity index (χ1v) is 9.50. The number of nitrogens with zero attached hydrogens (tertiary/aromatic N) is 3. The number of aromatic nitrogens is 2. The van der Waals surface area contributed by atoms with E-state index < -0.39 is 10.8 Å². The Morgan fingerprint density at radius 1 is 1.21 bits per heavy atom. The quantitative estimate of drug-likeness (QED) is 0.794. The van der Waals surface area contributed by atoms with Crippen LogP contribution >= 0.6 is 0 Å². The Labute approximate surface area is 165 Å². The van der Waals surface area contributed by atoms with Crippen LogP contribution < -0.4 is 4.74 Å². The number of nitriles is 1. The van der Waals surface area contributed by atoms with Crippen molar-refractivity contribution in [2.45, 2.75) is 39.0 Å². The van der Waals surface area contributed by atoms with Gasteiger partial charge in [0, 0.05) is 22.6 Å². The molecule has 4 rings (SSSR count). The van der Waals surface area contributed by atoms with Crippen molar-refractivity contribution in [2.75, 3.05) is 7.11 Å². The molecule has 1 heterocycles. The summed E-state index contributed by atoms with van der Waals surface area (Å²) in [7, 11) is 1.64. The summed E-state index contributed by atoms with van der Waals surface area (Å²) in [5.74, 6) is 1.45. The molecule has 1 aromatic carbocycles. The number of ether oxygens (including phenoxy) is 1. The number of ketones is 1. The third-order valence-electron chi connectivity index (χ3n) is 6.41. The van der Waals surface area contributed by atoms with Gasteiger partial charge < -0.3 is 4.74 Å². The zero-order valence-electron chi connectivity index (χ0n) is 16.6. The lowest BCUT2D eigenvalue weighted by atomic mass is 9.52. The van der Waals surface area contributed by atoms with Crippen LogP contribution in [0.4, 0.5) is 0 Å². The molecule has 2 aliphatic rings. The first-order chi connectivity index (χ1) is 13.3. The third kappa shape index (κ3) is 2.56. The molecule has 0 fully saturated rings. The van der Waals surface area contributed by atoms with Crippen molar-refractivity contribution in [1.82, 2.24) is 9.97 Å². The Balaban J connectivity index is 1.88. The van der Waals surface area contributed by atoms with Gasteiger partial charge in [-0.25, -0.2) is 9.97 Å². The molecule has 5 nitrogen and oxygen atoms in total. The van der Waals surface area contributed by atoms with Crippen molar-refractivity contribution in [3.05, 3.63) is 53.4 Å². The molecule has 0 spiro atoms. The van der Waals surface area contributed by atoms with Gasteiger partial charge in [-0.2, -0.15) is 5.26 Å². The van der Waals surface area contributed by atoms with E-state index in [-0.39, 0.29) is 17.3 Å². The van der Waals surface area contributed by atoms with Crippen LogP contribution in [0.1, 0.15) is 38.4 Å². The fourth-order valence-electron chi connectivity index (χ4n) is 4.93. The summed E-state index contributed by atoms with van der Waals surface area (Å²) in [6.45, 7) is 6.02. The van der Waals surface area contributed by atoms with E-state index in [0.29, 0.717) is 5.82 Å². The van der Waals surface area contributed by atoms with Gasteiger partial charge in [-0.05, 0) is 48.6 Å². The second-order valence-electron chi connectivity index (χ2n) is 8.39. The first kappa shape index (κ1) is 18.4. The molecule has 0 N–H and O–H groups in total. The van der Waals surface area contributed by atoms with Crippen molar-refractivity contribution in [1.29, 1.82) is 5.26 Å². The average molecular weight is 373 g/mol. The summed E-state index contributed by atoms with van der Waals surface area (Å²) in [4.78, 5) is 22.3. The normalized spacial score (nSPS) is 25.2. The molecule has 142 valence electrons. The van der Waals surface area contributed by atoms with Crippen LogP contribution in [0.3, 0.4) is 0 Å². The van der Waals surface area contributed by atoms with Crippen LogP contribution in [-0.2, 0) is 16.6 Å². The van der Waals surface area contributed by atoms with E-state index in [1.165, 1.54) is 0 Å². The second kappa shape index (κ2) is 6.27. The molecule has 0 unspecified atom stereocenters. The van der Waals surface area contributed by atoms with Gasteiger partial charge in [0.2, 0.25) is 0 Å². The summed E-state index contributed by atoms with van der Waals surface area (Å²) >= 11 is 0. The number of rotatable bonds is 2. The van der Waals surface area contributed by atoms with E-state index in [1.54, 1.807) is 7.11 Å². The van der Waals surface area contributed by atoms with Crippen LogP contribution in [0.15, 0.2) is 42.1 Å². The molecule has 0 bridgehead atoms.